The summed E-state index contributed by atoms with van der Waals surface area (Å²) >= 11 is 0. The molecule has 1 aliphatic heterocycles. The van der Waals surface area contributed by atoms with E-state index in [-0.39, 0.29) is 17.4 Å². The van der Waals surface area contributed by atoms with Crippen molar-refractivity contribution in [3.05, 3.63) is 67.5 Å². The SMILES string of the molecule is C=CC(=O)Nc1cc(-c2nn(C3CCN(CCNC(=O)C45CC6CC(CC(C6)C4)C5)CC3)c3ncnc(N)c23)ccc1Oc1ccccc1. The van der Waals surface area contributed by atoms with Crippen molar-refractivity contribution in [2.45, 2.75) is 57.4 Å². The standard InChI is InChI=1S/C38H44N8O3/c1-2-32(47)43-30-19-27(8-9-31(30)49-29-6-4-3-5-7-29)34-33-35(39)41-23-42-36(33)46(44-34)28-10-13-45(14-11-28)15-12-40-37(48)38-20-24-16-25(21-38)18-26(17-24)22-38/h2-9,19,23-26,28H,1,10-18,20-22H2,(H,40,48)(H,43,47)(H2,39,41,42). The van der Waals surface area contributed by atoms with Crippen LogP contribution in [-0.4, -0.2) is 62.6 Å². The minimum absolute atomic E-state index is 0.0997. The lowest BCUT2D eigenvalue weighted by atomic mass is 9.49. The monoisotopic (exact) mass is 660 g/mol. The second kappa shape index (κ2) is 12.9. The van der Waals surface area contributed by atoms with Crippen molar-refractivity contribution in [2.24, 2.45) is 23.2 Å². The number of carbonyl (C=O) groups excluding carboxylic acids is 2. The van der Waals surface area contributed by atoms with Gasteiger partial charge in [0.2, 0.25) is 11.8 Å². The molecule has 11 heteroatoms. The molecular weight excluding hydrogens is 616 g/mol. The number of anilines is 2. The smallest absolute Gasteiger partial charge is 0.247 e. The Morgan fingerprint density at radius 3 is 2.41 bits per heavy atom. The van der Waals surface area contributed by atoms with E-state index in [1.54, 1.807) is 0 Å². The van der Waals surface area contributed by atoms with E-state index in [2.05, 4.69) is 32.1 Å². The van der Waals surface area contributed by atoms with Gasteiger partial charge in [0.15, 0.2) is 11.4 Å². The molecule has 4 saturated carbocycles. The number of hydrogen-bond acceptors (Lipinski definition) is 8. The van der Waals surface area contributed by atoms with Crippen LogP contribution in [0.5, 0.6) is 11.5 Å². The highest BCUT2D eigenvalue weighted by molar-refractivity contribution is 6.02. The number of benzene rings is 2. The van der Waals surface area contributed by atoms with Crippen molar-refractivity contribution < 1.29 is 14.3 Å². The normalized spacial score (nSPS) is 24.9. The number of piperidine rings is 1. The van der Waals surface area contributed by atoms with Crippen molar-refractivity contribution in [3.8, 4) is 22.8 Å². The first-order valence-electron chi connectivity index (χ1n) is 17.7. The van der Waals surface area contributed by atoms with Gasteiger partial charge in [-0.25, -0.2) is 14.6 Å². The van der Waals surface area contributed by atoms with Crippen LogP contribution in [0, 0.1) is 23.2 Å². The molecule has 2 aromatic heterocycles. The van der Waals surface area contributed by atoms with Crippen LogP contribution < -0.4 is 21.1 Å². The van der Waals surface area contributed by atoms with Crippen molar-refractivity contribution in [1.82, 2.24) is 30.0 Å². The van der Waals surface area contributed by atoms with Crippen LogP contribution in [-0.2, 0) is 9.59 Å². The maximum absolute atomic E-state index is 13.4. The van der Waals surface area contributed by atoms with Crippen LogP contribution in [0.1, 0.15) is 57.4 Å². The average molecular weight is 661 g/mol. The van der Waals surface area contributed by atoms with Gasteiger partial charge >= 0.3 is 0 Å². The second-order valence-electron chi connectivity index (χ2n) is 14.6. The Labute approximate surface area is 286 Å². The molecule has 0 spiro atoms. The highest BCUT2D eigenvalue weighted by atomic mass is 16.5. The van der Waals surface area contributed by atoms with Gasteiger partial charge in [0.25, 0.3) is 0 Å². The zero-order chi connectivity index (χ0) is 33.5. The first-order chi connectivity index (χ1) is 23.9. The number of hydrogen-bond donors (Lipinski definition) is 3. The number of carbonyl (C=O) groups is 2. The van der Waals surface area contributed by atoms with Gasteiger partial charge in [-0.1, -0.05) is 24.8 Å². The molecule has 0 unspecified atom stereocenters. The Kier molecular flexibility index (Phi) is 8.31. The molecule has 11 nitrogen and oxygen atoms in total. The molecule has 4 bridgehead atoms. The number of amides is 2. The van der Waals surface area contributed by atoms with E-state index in [4.69, 9.17) is 15.6 Å². The number of fused-ring (bicyclic) bond motifs is 1. The van der Waals surface area contributed by atoms with E-state index in [1.165, 1.54) is 31.7 Å². The Morgan fingerprint density at radius 2 is 1.71 bits per heavy atom. The van der Waals surface area contributed by atoms with Crippen molar-refractivity contribution in [3.63, 3.8) is 0 Å². The van der Waals surface area contributed by atoms with Gasteiger partial charge in [0.1, 0.15) is 23.6 Å². The molecule has 0 radical (unpaired) electrons. The average Bonchev–Trinajstić information content (AvgIpc) is 3.50. The van der Waals surface area contributed by atoms with E-state index >= 15 is 0 Å². The third-order valence-electron chi connectivity index (χ3n) is 11.3. The van der Waals surface area contributed by atoms with Gasteiger partial charge in [0, 0.05) is 37.2 Å². The van der Waals surface area contributed by atoms with Crippen molar-refractivity contribution in [1.29, 1.82) is 0 Å². The number of aromatic nitrogens is 4. The van der Waals surface area contributed by atoms with E-state index in [0.29, 0.717) is 52.2 Å². The molecule has 9 rings (SSSR count). The first kappa shape index (κ1) is 31.5. The summed E-state index contributed by atoms with van der Waals surface area (Å²) in [5.41, 5.74) is 8.91. The largest absolute Gasteiger partial charge is 0.455 e. The molecule has 5 aliphatic rings. The number of nitrogens with two attached hydrogens (primary N) is 1. The lowest BCUT2D eigenvalue weighted by molar-refractivity contribution is -0.146. The second-order valence-corrected chi connectivity index (χ2v) is 14.6. The van der Waals surface area contributed by atoms with Gasteiger partial charge in [-0.3, -0.25) is 9.59 Å². The molecule has 1 saturated heterocycles. The fourth-order valence-corrected chi connectivity index (χ4v) is 9.41. The summed E-state index contributed by atoms with van der Waals surface area (Å²) in [6.45, 7) is 6.94. The zero-order valence-electron chi connectivity index (χ0n) is 27.8. The van der Waals surface area contributed by atoms with Crippen LogP contribution in [0.2, 0.25) is 0 Å². The molecule has 0 atom stereocenters. The molecule has 4 aliphatic carbocycles. The van der Waals surface area contributed by atoms with Crippen molar-refractivity contribution >= 4 is 34.4 Å². The van der Waals surface area contributed by atoms with Gasteiger partial charge < -0.3 is 26.0 Å². The van der Waals surface area contributed by atoms with E-state index < -0.39 is 0 Å². The molecule has 3 heterocycles. The summed E-state index contributed by atoms with van der Waals surface area (Å²) in [5.74, 6) is 3.73. The molecule has 49 heavy (non-hydrogen) atoms. The molecule has 2 aromatic carbocycles. The van der Waals surface area contributed by atoms with Crippen LogP contribution in [0.4, 0.5) is 11.5 Å². The predicted molar refractivity (Wildman–Crippen MR) is 189 cm³/mol. The summed E-state index contributed by atoms with van der Waals surface area (Å²) in [5, 5.41) is 12.0. The molecular formula is C38H44N8O3. The van der Waals surface area contributed by atoms with Gasteiger partial charge in [0.05, 0.1) is 17.1 Å². The summed E-state index contributed by atoms with van der Waals surface area (Å²) in [4.78, 5) is 37.2. The molecule has 4 aromatic rings. The number of nitrogen functional groups attached to an aromatic ring is 1. The van der Waals surface area contributed by atoms with E-state index in [9.17, 15) is 9.59 Å². The topological polar surface area (TPSA) is 140 Å². The minimum Gasteiger partial charge on any atom is -0.455 e. The van der Waals surface area contributed by atoms with E-state index in [0.717, 1.165) is 75.1 Å². The number of nitrogens with zero attached hydrogens (tertiary/aromatic N) is 5. The highest BCUT2D eigenvalue weighted by Gasteiger charge is 2.54. The molecule has 254 valence electrons. The summed E-state index contributed by atoms with van der Waals surface area (Å²) < 4.78 is 8.10. The fourth-order valence-electron chi connectivity index (χ4n) is 9.41. The zero-order valence-corrected chi connectivity index (χ0v) is 27.8. The van der Waals surface area contributed by atoms with Gasteiger partial charge in [-0.15, -0.1) is 0 Å². The molecule has 2 amide bonds. The maximum atomic E-state index is 13.4. The quantitative estimate of drug-likeness (QED) is 0.177. The van der Waals surface area contributed by atoms with Gasteiger partial charge in [-0.2, -0.15) is 5.10 Å². The number of likely N-dealkylation sites (tertiary alicyclic amines) is 1. The van der Waals surface area contributed by atoms with Gasteiger partial charge in [-0.05, 0) is 106 Å². The Balaban J connectivity index is 0.964. The molecule has 4 N–H and O–H groups in total. The first-order valence-corrected chi connectivity index (χ1v) is 17.7. The Hall–Kier alpha value is -4.77. The number of para-hydroxylation sites is 1. The molecule has 5 fully saturated rings. The van der Waals surface area contributed by atoms with Crippen LogP contribution in [0.15, 0.2) is 67.5 Å². The minimum atomic E-state index is -0.354. The summed E-state index contributed by atoms with van der Waals surface area (Å²) in [6.07, 6.45) is 11.8. The lowest BCUT2D eigenvalue weighted by Gasteiger charge is -2.55. The lowest BCUT2D eigenvalue weighted by Crippen LogP contribution is -2.54. The number of nitrogens with one attached hydrogen (secondary N) is 2. The van der Waals surface area contributed by atoms with E-state index in [1.807, 2.05) is 53.2 Å². The number of ether oxygens (including phenoxy) is 1. The van der Waals surface area contributed by atoms with Crippen LogP contribution in [0.25, 0.3) is 22.3 Å². The number of rotatable bonds is 10. The summed E-state index contributed by atoms with van der Waals surface area (Å²) in [6, 6.07) is 15.1. The van der Waals surface area contributed by atoms with Crippen LogP contribution in [0.3, 0.4) is 0 Å². The third kappa shape index (κ3) is 6.16. The fraction of sp³-hybridized carbons (Fsp3) is 0.447. The third-order valence-corrected chi connectivity index (χ3v) is 11.3. The van der Waals surface area contributed by atoms with Crippen molar-refractivity contribution in [2.75, 3.05) is 37.2 Å². The predicted octanol–water partition coefficient (Wildman–Crippen LogP) is 5.96. The maximum Gasteiger partial charge on any atom is 0.247 e. The highest BCUT2D eigenvalue weighted by Crippen LogP contribution is 2.60. The Morgan fingerprint density at radius 1 is 1.00 bits per heavy atom. The summed E-state index contributed by atoms with van der Waals surface area (Å²) in [7, 11) is 0. The Bertz CT molecular complexity index is 1850. The van der Waals surface area contributed by atoms with Crippen LogP contribution >= 0.6 is 0 Å².